The topological polar surface area (TPSA) is 15.3 Å². The SMILES string of the molecule is C=C(CNC)CN(CC)C1CC1. The summed E-state index contributed by atoms with van der Waals surface area (Å²) in [5.74, 6) is 0. The van der Waals surface area contributed by atoms with Crippen LogP contribution in [0, 0.1) is 0 Å². The Bertz CT molecular complexity index is 150. The lowest BCUT2D eigenvalue weighted by Gasteiger charge is -2.20. The maximum absolute atomic E-state index is 4.04. The molecule has 0 aliphatic heterocycles. The van der Waals surface area contributed by atoms with Crippen LogP contribution in [-0.4, -0.2) is 37.6 Å². The number of hydrogen-bond acceptors (Lipinski definition) is 2. The molecule has 1 N–H and O–H groups in total. The van der Waals surface area contributed by atoms with Gasteiger partial charge in [0.2, 0.25) is 0 Å². The lowest BCUT2D eigenvalue weighted by atomic mass is 10.2. The summed E-state index contributed by atoms with van der Waals surface area (Å²) in [7, 11) is 1.97. The van der Waals surface area contributed by atoms with Crippen molar-refractivity contribution in [1.29, 1.82) is 0 Å². The van der Waals surface area contributed by atoms with E-state index in [4.69, 9.17) is 0 Å². The molecule has 0 aromatic rings. The molecule has 12 heavy (non-hydrogen) atoms. The Morgan fingerprint density at radius 3 is 2.67 bits per heavy atom. The molecule has 0 spiro atoms. The number of nitrogens with one attached hydrogen (secondary N) is 1. The quantitative estimate of drug-likeness (QED) is 0.600. The minimum atomic E-state index is 0.864. The zero-order valence-electron chi connectivity index (χ0n) is 8.27. The fourth-order valence-corrected chi connectivity index (χ4v) is 1.53. The van der Waals surface area contributed by atoms with Crippen molar-refractivity contribution in [2.75, 3.05) is 26.7 Å². The zero-order chi connectivity index (χ0) is 8.97. The summed E-state index contributed by atoms with van der Waals surface area (Å²) in [5, 5.41) is 3.13. The molecule has 1 fully saturated rings. The average molecular weight is 168 g/mol. The first-order valence-electron chi connectivity index (χ1n) is 4.83. The highest BCUT2D eigenvalue weighted by Crippen LogP contribution is 2.26. The first kappa shape index (κ1) is 9.75. The van der Waals surface area contributed by atoms with E-state index in [1.54, 1.807) is 0 Å². The number of hydrogen-bond donors (Lipinski definition) is 1. The molecule has 0 radical (unpaired) electrons. The Hall–Kier alpha value is -0.340. The van der Waals surface area contributed by atoms with Gasteiger partial charge in [-0.3, -0.25) is 4.90 Å². The second-order valence-corrected chi connectivity index (χ2v) is 3.57. The molecule has 0 aromatic carbocycles. The number of likely N-dealkylation sites (N-methyl/N-ethyl adjacent to an activating group) is 2. The Morgan fingerprint density at radius 2 is 2.25 bits per heavy atom. The summed E-state index contributed by atoms with van der Waals surface area (Å²) in [6.45, 7) is 9.44. The van der Waals surface area contributed by atoms with Gasteiger partial charge in [0.1, 0.15) is 0 Å². The lowest BCUT2D eigenvalue weighted by Crippen LogP contribution is -2.30. The maximum atomic E-state index is 4.04. The van der Waals surface area contributed by atoms with Crippen molar-refractivity contribution < 1.29 is 0 Å². The van der Waals surface area contributed by atoms with Gasteiger partial charge in [-0.25, -0.2) is 0 Å². The van der Waals surface area contributed by atoms with Crippen molar-refractivity contribution in [2.24, 2.45) is 0 Å². The van der Waals surface area contributed by atoms with Gasteiger partial charge in [-0.15, -0.1) is 0 Å². The molecule has 1 aliphatic carbocycles. The fraction of sp³-hybridized carbons (Fsp3) is 0.800. The van der Waals surface area contributed by atoms with Gasteiger partial charge in [0.25, 0.3) is 0 Å². The highest BCUT2D eigenvalue weighted by molar-refractivity contribution is 5.01. The second kappa shape index (κ2) is 4.63. The van der Waals surface area contributed by atoms with Crippen molar-refractivity contribution in [3.05, 3.63) is 12.2 Å². The Balaban J connectivity index is 2.21. The van der Waals surface area contributed by atoms with Crippen molar-refractivity contribution in [1.82, 2.24) is 10.2 Å². The molecular formula is C10H20N2. The van der Waals surface area contributed by atoms with Crippen LogP contribution in [0.1, 0.15) is 19.8 Å². The summed E-state index contributed by atoms with van der Waals surface area (Å²) in [6.07, 6.45) is 2.78. The van der Waals surface area contributed by atoms with Crippen LogP contribution in [0.4, 0.5) is 0 Å². The maximum Gasteiger partial charge on any atom is 0.0205 e. The summed E-state index contributed by atoms with van der Waals surface area (Å²) in [5.41, 5.74) is 1.30. The van der Waals surface area contributed by atoms with Crippen molar-refractivity contribution in [3.8, 4) is 0 Å². The standard InChI is InChI=1S/C10H20N2/c1-4-12(10-5-6-10)8-9(2)7-11-3/h10-11H,2,4-8H2,1,3H3. The number of rotatable bonds is 6. The molecule has 2 nitrogen and oxygen atoms in total. The molecule has 0 saturated heterocycles. The minimum absolute atomic E-state index is 0.864. The van der Waals surface area contributed by atoms with Crippen molar-refractivity contribution >= 4 is 0 Å². The fourth-order valence-electron chi connectivity index (χ4n) is 1.53. The molecule has 0 unspecified atom stereocenters. The molecule has 0 heterocycles. The van der Waals surface area contributed by atoms with E-state index >= 15 is 0 Å². The smallest absolute Gasteiger partial charge is 0.0205 e. The van der Waals surface area contributed by atoms with Crippen LogP contribution in [0.3, 0.4) is 0 Å². The van der Waals surface area contributed by atoms with Crippen LogP contribution in [-0.2, 0) is 0 Å². The van der Waals surface area contributed by atoms with Crippen LogP contribution < -0.4 is 5.32 Å². The van der Waals surface area contributed by atoms with E-state index in [1.165, 1.54) is 18.4 Å². The molecular weight excluding hydrogens is 148 g/mol. The summed E-state index contributed by atoms with van der Waals surface area (Å²) < 4.78 is 0. The Morgan fingerprint density at radius 1 is 1.58 bits per heavy atom. The molecule has 1 rings (SSSR count). The van der Waals surface area contributed by atoms with E-state index in [1.807, 2.05) is 7.05 Å². The Kier molecular flexibility index (Phi) is 3.76. The molecule has 70 valence electrons. The van der Waals surface area contributed by atoms with Crippen LogP contribution in [0.25, 0.3) is 0 Å². The van der Waals surface area contributed by atoms with Gasteiger partial charge >= 0.3 is 0 Å². The molecule has 0 aromatic heterocycles. The average Bonchev–Trinajstić information content (AvgIpc) is 2.83. The molecule has 0 amide bonds. The minimum Gasteiger partial charge on any atom is -0.316 e. The third-order valence-electron chi connectivity index (χ3n) is 2.32. The van der Waals surface area contributed by atoms with Crippen LogP contribution in [0.2, 0.25) is 0 Å². The third kappa shape index (κ3) is 2.95. The summed E-state index contributed by atoms with van der Waals surface area (Å²) >= 11 is 0. The molecule has 1 aliphatic rings. The normalized spacial score (nSPS) is 16.9. The predicted octanol–water partition coefficient (Wildman–Crippen LogP) is 1.25. The van der Waals surface area contributed by atoms with Gasteiger partial charge in [-0.05, 0) is 32.0 Å². The summed E-state index contributed by atoms with van der Waals surface area (Å²) in [4.78, 5) is 2.51. The molecule has 1 saturated carbocycles. The van der Waals surface area contributed by atoms with E-state index in [0.29, 0.717) is 0 Å². The van der Waals surface area contributed by atoms with Crippen LogP contribution in [0.5, 0.6) is 0 Å². The van der Waals surface area contributed by atoms with Gasteiger partial charge in [-0.1, -0.05) is 13.5 Å². The van der Waals surface area contributed by atoms with E-state index in [0.717, 1.165) is 25.7 Å². The highest BCUT2D eigenvalue weighted by atomic mass is 15.2. The van der Waals surface area contributed by atoms with Gasteiger partial charge in [0.15, 0.2) is 0 Å². The summed E-state index contributed by atoms with van der Waals surface area (Å²) in [6, 6.07) is 0.864. The Labute approximate surface area is 75.6 Å². The molecule has 0 atom stereocenters. The van der Waals surface area contributed by atoms with Crippen molar-refractivity contribution in [3.63, 3.8) is 0 Å². The lowest BCUT2D eigenvalue weighted by molar-refractivity contribution is 0.300. The zero-order valence-corrected chi connectivity index (χ0v) is 8.27. The third-order valence-corrected chi connectivity index (χ3v) is 2.32. The van der Waals surface area contributed by atoms with Crippen LogP contribution in [0.15, 0.2) is 12.2 Å². The van der Waals surface area contributed by atoms with Crippen LogP contribution >= 0.6 is 0 Å². The highest BCUT2D eigenvalue weighted by Gasteiger charge is 2.27. The van der Waals surface area contributed by atoms with Gasteiger partial charge in [0, 0.05) is 19.1 Å². The van der Waals surface area contributed by atoms with E-state index in [2.05, 4.69) is 23.7 Å². The largest absolute Gasteiger partial charge is 0.316 e. The van der Waals surface area contributed by atoms with Crippen molar-refractivity contribution in [2.45, 2.75) is 25.8 Å². The molecule has 0 bridgehead atoms. The van der Waals surface area contributed by atoms with E-state index in [9.17, 15) is 0 Å². The van der Waals surface area contributed by atoms with Gasteiger partial charge in [-0.2, -0.15) is 0 Å². The van der Waals surface area contributed by atoms with Gasteiger partial charge in [0.05, 0.1) is 0 Å². The van der Waals surface area contributed by atoms with Gasteiger partial charge < -0.3 is 5.32 Å². The predicted molar refractivity (Wildman–Crippen MR) is 53.3 cm³/mol. The monoisotopic (exact) mass is 168 g/mol. The molecule has 2 heteroatoms. The van der Waals surface area contributed by atoms with E-state index < -0.39 is 0 Å². The second-order valence-electron chi connectivity index (χ2n) is 3.57. The van der Waals surface area contributed by atoms with E-state index in [-0.39, 0.29) is 0 Å². The first-order valence-corrected chi connectivity index (χ1v) is 4.83. The first-order chi connectivity index (χ1) is 5.77. The number of nitrogens with zero attached hydrogens (tertiary/aromatic N) is 1.